The molecule has 3 heterocycles. The maximum atomic E-state index is 12.2. The lowest BCUT2D eigenvalue weighted by molar-refractivity contribution is 0.0944. The van der Waals surface area contributed by atoms with E-state index in [4.69, 9.17) is 9.26 Å². The van der Waals surface area contributed by atoms with Gasteiger partial charge in [-0.2, -0.15) is 0 Å². The van der Waals surface area contributed by atoms with Gasteiger partial charge in [0, 0.05) is 49.2 Å². The summed E-state index contributed by atoms with van der Waals surface area (Å²) in [6, 6.07) is 11.0. The van der Waals surface area contributed by atoms with E-state index in [1.54, 1.807) is 30.9 Å². The van der Waals surface area contributed by atoms with Crippen molar-refractivity contribution in [2.75, 3.05) is 6.54 Å². The first-order valence-corrected chi connectivity index (χ1v) is 8.74. The largest absolute Gasteiger partial charge is 0.486 e. The zero-order valence-electron chi connectivity index (χ0n) is 14.9. The predicted molar refractivity (Wildman–Crippen MR) is 101 cm³/mol. The number of nitrogens with zero attached hydrogens (tertiary/aromatic N) is 4. The highest BCUT2D eigenvalue weighted by atomic mass is 16.5. The third-order valence-corrected chi connectivity index (χ3v) is 4.03. The monoisotopic (exact) mass is 375 g/mol. The van der Waals surface area contributed by atoms with Crippen molar-refractivity contribution in [3.8, 4) is 5.75 Å². The summed E-state index contributed by atoms with van der Waals surface area (Å²) >= 11 is 0. The van der Waals surface area contributed by atoms with Gasteiger partial charge in [-0.05, 0) is 24.3 Å². The lowest BCUT2D eigenvalue weighted by atomic mass is 10.2. The Bertz CT molecular complexity index is 1080. The van der Waals surface area contributed by atoms with Crippen LogP contribution in [0.5, 0.6) is 5.75 Å². The van der Waals surface area contributed by atoms with E-state index >= 15 is 0 Å². The van der Waals surface area contributed by atoms with Crippen LogP contribution in [0.3, 0.4) is 0 Å². The second-order valence-corrected chi connectivity index (χ2v) is 6.03. The van der Waals surface area contributed by atoms with Crippen molar-refractivity contribution in [2.45, 2.75) is 13.0 Å². The maximum Gasteiger partial charge on any atom is 0.273 e. The maximum absolute atomic E-state index is 12.2. The van der Waals surface area contributed by atoms with Gasteiger partial charge in [-0.3, -0.25) is 19.7 Å². The number of benzene rings is 1. The standard InChI is InChI=1S/C20H17N5O3/c26-20(24-7-5-15-12-21-8-9-22-15)19-11-17(28-25-19)13-27-16-3-4-18-14(10-16)2-1-6-23-18/h1-4,6,8-12H,5,7,13H2,(H,24,26). The smallest absolute Gasteiger partial charge is 0.273 e. The number of nitrogens with one attached hydrogen (secondary N) is 1. The summed E-state index contributed by atoms with van der Waals surface area (Å²) in [6.07, 6.45) is 7.23. The molecule has 140 valence electrons. The van der Waals surface area contributed by atoms with E-state index in [-0.39, 0.29) is 18.2 Å². The first-order chi connectivity index (χ1) is 13.8. The Labute approximate surface area is 160 Å². The average Bonchev–Trinajstić information content (AvgIpc) is 3.22. The van der Waals surface area contributed by atoms with Crippen molar-refractivity contribution < 1.29 is 14.1 Å². The molecule has 0 bridgehead atoms. The van der Waals surface area contributed by atoms with E-state index in [0.29, 0.717) is 24.5 Å². The Hall–Kier alpha value is -3.81. The summed E-state index contributed by atoms with van der Waals surface area (Å²) in [7, 11) is 0. The summed E-state index contributed by atoms with van der Waals surface area (Å²) in [6.45, 7) is 0.604. The van der Waals surface area contributed by atoms with E-state index in [1.807, 2.05) is 30.3 Å². The predicted octanol–water partition coefficient (Wildman–Crippen LogP) is 2.56. The van der Waals surface area contributed by atoms with E-state index in [2.05, 4.69) is 25.4 Å². The molecule has 0 aliphatic rings. The van der Waals surface area contributed by atoms with Crippen molar-refractivity contribution in [3.63, 3.8) is 0 Å². The Balaban J connectivity index is 1.30. The molecule has 4 rings (SSSR count). The van der Waals surface area contributed by atoms with Crippen molar-refractivity contribution in [3.05, 3.63) is 78.3 Å². The minimum Gasteiger partial charge on any atom is -0.486 e. The van der Waals surface area contributed by atoms with Crippen LogP contribution in [0.4, 0.5) is 0 Å². The SMILES string of the molecule is O=C(NCCc1cnccn1)c1cc(COc2ccc3ncccc3c2)on1. The molecule has 0 spiro atoms. The van der Waals surface area contributed by atoms with E-state index < -0.39 is 0 Å². The molecule has 0 aliphatic heterocycles. The summed E-state index contributed by atoms with van der Waals surface area (Å²) in [4.78, 5) is 24.6. The van der Waals surface area contributed by atoms with Crippen LogP contribution >= 0.6 is 0 Å². The third-order valence-electron chi connectivity index (χ3n) is 4.03. The lowest BCUT2D eigenvalue weighted by Crippen LogP contribution is -2.26. The minimum atomic E-state index is -0.310. The number of fused-ring (bicyclic) bond motifs is 1. The normalized spacial score (nSPS) is 10.7. The van der Waals surface area contributed by atoms with Crippen LogP contribution in [-0.2, 0) is 13.0 Å². The number of pyridine rings is 1. The van der Waals surface area contributed by atoms with Crippen molar-refractivity contribution >= 4 is 16.8 Å². The lowest BCUT2D eigenvalue weighted by Gasteiger charge is -2.04. The number of hydrogen-bond donors (Lipinski definition) is 1. The number of amides is 1. The minimum absolute atomic E-state index is 0.172. The van der Waals surface area contributed by atoms with Crippen LogP contribution in [0.1, 0.15) is 21.9 Å². The first kappa shape index (κ1) is 17.6. The summed E-state index contributed by atoms with van der Waals surface area (Å²) in [5, 5.41) is 7.56. The first-order valence-electron chi connectivity index (χ1n) is 8.74. The fraction of sp³-hybridized carbons (Fsp3) is 0.150. The molecule has 8 nitrogen and oxygen atoms in total. The van der Waals surface area contributed by atoms with Crippen molar-refractivity contribution in [1.29, 1.82) is 0 Å². The zero-order valence-corrected chi connectivity index (χ0v) is 14.9. The number of ether oxygens (including phenoxy) is 1. The summed E-state index contributed by atoms with van der Waals surface area (Å²) < 4.78 is 10.9. The molecule has 0 fully saturated rings. The second kappa shape index (κ2) is 8.26. The molecule has 4 aromatic rings. The van der Waals surface area contributed by atoms with Crippen molar-refractivity contribution in [2.24, 2.45) is 0 Å². The molecule has 0 unspecified atom stereocenters. The van der Waals surface area contributed by atoms with Gasteiger partial charge in [-0.25, -0.2) is 0 Å². The average molecular weight is 375 g/mol. The van der Waals surface area contributed by atoms with E-state index in [9.17, 15) is 4.79 Å². The molecule has 0 saturated heterocycles. The van der Waals surface area contributed by atoms with Gasteiger partial charge in [-0.1, -0.05) is 11.2 Å². The highest BCUT2D eigenvalue weighted by Gasteiger charge is 2.13. The molecular weight excluding hydrogens is 358 g/mol. The zero-order chi connectivity index (χ0) is 19.2. The molecule has 1 N–H and O–H groups in total. The molecule has 0 atom stereocenters. The molecule has 0 aliphatic carbocycles. The van der Waals surface area contributed by atoms with E-state index in [1.165, 1.54) is 0 Å². The van der Waals surface area contributed by atoms with Gasteiger partial charge in [0.1, 0.15) is 12.4 Å². The van der Waals surface area contributed by atoms with Gasteiger partial charge in [0.05, 0.1) is 11.2 Å². The Morgan fingerprint density at radius 2 is 2.07 bits per heavy atom. The van der Waals surface area contributed by atoms with Gasteiger partial charge >= 0.3 is 0 Å². The molecule has 0 radical (unpaired) electrons. The van der Waals surface area contributed by atoms with Crippen LogP contribution in [0.25, 0.3) is 10.9 Å². The van der Waals surface area contributed by atoms with Gasteiger partial charge < -0.3 is 14.6 Å². The molecular formula is C20H17N5O3. The Morgan fingerprint density at radius 1 is 1.11 bits per heavy atom. The number of carbonyl (C=O) groups excluding carboxylic acids is 1. The van der Waals surface area contributed by atoms with Gasteiger partial charge in [0.15, 0.2) is 11.5 Å². The molecule has 8 heteroatoms. The molecule has 3 aromatic heterocycles. The Kier molecular flexibility index (Phi) is 5.19. The van der Waals surface area contributed by atoms with Crippen molar-refractivity contribution in [1.82, 2.24) is 25.4 Å². The fourth-order valence-electron chi connectivity index (χ4n) is 2.64. The highest BCUT2D eigenvalue weighted by molar-refractivity contribution is 5.92. The van der Waals surface area contributed by atoms with Crippen LogP contribution in [0, 0.1) is 0 Å². The van der Waals surface area contributed by atoms with Crippen LogP contribution in [0.15, 0.2) is 65.7 Å². The van der Waals surface area contributed by atoms with Crippen LogP contribution < -0.4 is 10.1 Å². The van der Waals surface area contributed by atoms with Gasteiger partial charge in [0.2, 0.25) is 0 Å². The summed E-state index contributed by atoms with van der Waals surface area (Å²) in [5.74, 6) is 0.841. The molecule has 1 amide bonds. The van der Waals surface area contributed by atoms with Crippen LogP contribution in [-0.4, -0.2) is 32.6 Å². The number of carbonyl (C=O) groups is 1. The van der Waals surface area contributed by atoms with Gasteiger partial charge in [-0.15, -0.1) is 0 Å². The topological polar surface area (TPSA) is 103 Å². The molecule has 28 heavy (non-hydrogen) atoms. The fourth-order valence-corrected chi connectivity index (χ4v) is 2.64. The number of aromatic nitrogens is 4. The second-order valence-electron chi connectivity index (χ2n) is 6.03. The quantitative estimate of drug-likeness (QED) is 0.529. The van der Waals surface area contributed by atoms with E-state index in [0.717, 1.165) is 16.6 Å². The highest BCUT2D eigenvalue weighted by Crippen LogP contribution is 2.20. The number of hydrogen-bond acceptors (Lipinski definition) is 7. The number of rotatable bonds is 7. The molecule has 1 aromatic carbocycles. The van der Waals surface area contributed by atoms with Crippen LogP contribution in [0.2, 0.25) is 0 Å². The summed E-state index contributed by atoms with van der Waals surface area (Å²) in [5.41, 5.74) is 1.91. The molecule has 0 saturated carbocycles. The third kappa shape index (κ3) is 4.29. The Morgan fingerprint density at radius 3 is 2.96 bits per heavy atom. The van der Waals surface area contributed by atoms with Gasteiger partial charge in [0.25, 0.3) is 5.91 Å².